The van der Waals surface area contributed by atoms with E-state index in [0.717, 1.165) is 12.8 Å². The van der Waals surface area contributed by atoms with Gasteiger partial charge in [-0.25, -0.2) is 0 Å². The zero-order valence-electron chi connectivity index (χ0n) is 14.0. The average Bonchev–Trinajstić information content (AvgIpc) is 2.47. The fourth-order valence-corrected chi connectivity index (χ4v) is 2.06. The molecule has 0 aliphatic carbocycles. The van der Waals surface area contributed by atoms with Crippen LogP contribution in [0.2, 0.25) is 5.02 Å². The Balaban J connectivity index is 2.92. The number of hydrogen-bond donors (Lipinski definition) is 1. The zero-order valence-corrected chi connectivity index (χ0v) is 14.8. The summed E-state index contributed by atoms with van der Waals surface area (Å²) >= 11 is 6.26. The molecule has 0 aromatic heterocycles. The molecule has 1 aromatic rings. The maximum absolute atomic E-state index is 12.2. The van der Waals surface area contributed by atoms with Crippen LogP contribution in [-0.4, -0.2) is 25.7 Å². The first-order valence-corrected chi connectivity index (χ1v) is 8.08. The highest BCUT2D eigenvalue weighted by atomic mass is 35.5. The summed E-state index contributed by atoms with van der Waals surface area (Å²) in [7, 11) is 1.54. The highest BCUT2D eigenvalue weighted by Crippen LogP contribution is 2.36. The number of carbonyl (C=O) groups excluding carboxylic acids is 1. The van der Waals surface area contributed by atoms with E-state index in [4.69, 9.17) is 21.1 Å². The van der Waals surface area contributed by atoms with E-state index in [0.29, 0.717) is 34.6 Å². The molecule has 0 aliphatic rings. The van der Waals surface area contributed by atoms with E-state index in [2.05, 4.69) is 19.2 Å². The number of amides is 1. The van der Waals surface area contributed by atoms with Crippen molar-refractivity contribution in [1.82, 2.24) is 5.32 Å². The van der Waals surface area contributed by atoms with Gasteiger partial charge in [0.25, 0.3) is 5.91 Å². The second kappa shape index (κ2) is 8.89. The van der Waals surface area contributed by atoms with Crippen LogP contribution in [-0.2, 0) is 0 Å². The Labute approximate surface area is 138 Å². The topological polar surface area (TPSA) is 47.6 Å². The molecule has 1 unspecified atom stereocenters. The van der Waals surface area contributed by atoms with E-state index in [1.807, 2.05) is 13.8 Å². The van der Waals surface area contributed by atoms with Gasteiger partial charge < -0.3 is 14.8 Å². The lowest BCUT2D eigenvalue weighted by atomic mass is 10.1. The lowest BCUT2D eigenvalue weighted by Crippen LogP contribution is -2.31. The second-order valence-corrected chi connectivity index (χ2v) is 6.21. The lowest BCUT2D eigenvalue weighted by Gasteiger charge is -2.16. The van der Waals surface area contributed by atoms with Crippen molar-refractivity contribution >= 4 is 17.5 Å². The standard InChI is InChI=1S/C17H26ClNO3/c1-6-12(4)19-17(20)13-9-14(18)16(15(10-13)21-5)22-8-7-11(2)3/h9-12H,6-8H2,1-5H3,(H,19,20). The average molecular weight is 328 g/mol. The number of methoxy groups -OCH3 is 1. The third-order valence-corrected chi connectivity index (χ3v) is 3.70. The molecule has 0 bridgehead atoms. The summed E-state index contributed by atoms with van der Waals surface area (Å²) < 4.78 is 11.0. The van der Waals surface area contributed by atoms with Crippen LogP contribution >= 0.6 is 11.6 Å². The SMILES string of the molecule is CCC(C)NC(=O)c1cc(Cl)c(OCCC(C)C)c(OC)c1. The third-order valence-electron chi connectivity index (χ3n) is 3.42. The molecule has 0 spiro atoms. The summed E-state index contributed by atoms with van der Waals surface area (Å²) in [5.41, 5.74) is 0.471. The monoisotopic (exact) mass is 327 g/mol. The molecule has 22 heavy (non-hydrogen) atoms. The van der Waals surface area contributed by atoms with Crippen LogP contribution in [0.1, 0.15) is 50.9 Å². The molecule has 1 rings (SSSR count). The van der Waals surface area contributed by atoms with Crippen molar-refractivity contribution < 1.29 is 14.3 Å². The minimum absolute atomic E-state index is 0.110. The van der Waals surface area contributed by atoms with Gasteiger partial charge in [-0.05, 0) is 37.8 Å². The summed E-state index contributed by atoms with van der Waals surface area (Å²) in [6.45, 7) is 8.80. The Morgan fingerprint density at radius 2 is 2.00 bits per heavy atom. The van der Waals surface area contributed by atoms with Crippen LogP contribution < -0.4 is 14.8 Å². The van der Waals surface area contributed by atoms with Crippen molar-refractivity contribution in [2.75, 3.05) is 13.7 Å². The Kier molecular flexibility index (Phi) is 7.52. The van der Waals surface area contributed by atoms with Crippen LogP contribution in [0.5, 0.6) is 11.5 Å². The van der Waals surface area contributed by atoms with E-state index in [1.54, 1.807) is 12.1 Å². The van der Waals surface area contributed by atoms with Gasteiger partial charge in [-0.1, -0.05) is 32.4 Å². The molecular formula is C17H26ClNO3. The van der Waals surface area contributed by atoms with Gasteiger partial charge in [0.1, 0.15) is 0 Å². The normalized spacial score (nSPS) is 12.1. The number of carbonyl (C=O) groups is 1. The van der Waals surface area contributed by atoms with Gasteiger partial charge in [0.2, 0.25) is 0 Å². The molecule has 1 atom stereocenters. The number of hydrogen-bond acceptors (Lipinski definition) is 3. The molecule has 5 heteroatoms. The number of nitrogens with one attached hydrogen (secondary N) is 1. The van der Waals surface area contributed by atoms with E-state index in [-0.39, 0.29) is 11.9 Å². The molecule has 1 aromatic carbocycles. The van der Waals surface area contributed by atoms with Gasteiger partial charge in [-0.2, -0.15) is 0 Å². The Bertz CT molecular complexity index is 503. The summed E-state index contributed by atoms with van der Waals surface area (Å²) in [4.78, 5) is 12.2. The molecule has 1 N–H and O–H groups in total. The lowest BCUT2D eigenvalue weighted by molar-refractivity contribution is 0.0939. The smallest absolute Gasteiger partial charge is 0.251 e. The maximum Gasteiger partial charge on any atom is 0.251 e. The summed E-state index contributed by atoms with van der Waals surface area (Å²) in [6, 6.07) is 3.39. The maximum atomic E-state index is 12.2. The highest BCUT2D eigenvalue weighted by molar-refractivity contribution is 6.32. The largest absolute Gasteiger partial charge is 0.493 e. The van der Waals surface area contributed by atoms with Crippen molar-refractivity contribution in [1.29, 1.82) is 0 Å². The Morgan fingerprint density at radius 1 is 1.32 bits per heavy atom. The molecule has 1 amide bonds. The molecule has 0 saturated carbocycles. The van der Waals surface area contributed by atoms with Gasteiger partial charge in [0.15, 0.2) is 11.5 Å². The van der Waals surface area contributed by atoms with Gasteiger partial charge in [-0.3, -0.25) is 4.79 Å². The first-order valence-electron chi connectivity index (χ1n) is 7.70. The number of rotatable bonds is 8. The predicted octanol–water partition coefficient (Wildman–Crippen LogP) is 4.30. The number of halogens is 1. The predicted molar refractivity (Wildman–Crippen MR) is 90.2 cm³/mol. The Morgan fingerprint density at radius 3 is 2.55 bits per heavy atom. The molecule has 0 saturated heterocycles. The van der Waals surface area contributed by atoms with E-state index < -0.39 is 0 Å². The van der Waals surface area contributed by atoms with Crippen molar-refractivity contribution in [3.8, 4) is 11.5 Å². The molecule has 0 radical (unpaired) electrons. The first-order chi connectivity index (χ1) is 10.4. The second-order valence-electron chi connectivity index (χ2n) is 5.80. The third kappa shape index (κ3) is 5.41. The summed E-state index contributed by atoms with van der Waals surface area (Å²) in [5, 5.41) is 3.29. The first kappa shape index (κ1) is 18.6. The van der Waals surface area contributed by atoms with Crippen molar-refractivity contribution in [3.05, 3.63) is 22.7 Å². The van der Waals surface area contributed by atoms with Crippen LogP contribution in [0.3, 0.4) is 0 Å². The van der Waals surface area contributed by atoms with Crippen LogP contribution in [0, 0.1) is 5.92 Å². The van der Waals surface area contributed by atoms with E-state index in [1.165, 1.54) is 7.11 Å². The minimum atomic E-state index is -0.164. The van der Waals surface area contributed by atoms with Gasteiger partial charge >= 0.3 is 0 Å². The summed E-state index contributed by atoms with van der Waals surface area (Å²) in [5.74, 6) is 1.35. The van der Waals surface area contributed by atoms with Crippen molar-refractivity contribution in [3.63, 3.8) is 0 Å². The molecular weight excluding hydrogens is 302 g/mol. The molecule has 124 valence electrons. The quantitative estimate of drug-likeness (QED) is 0.774. The Hall–Kier alpha value is -1.42. The molecule has 4 nitrogen and oxygen atoms in total. The molecule has 0 heterocycles. The fourth-order valence-electron chi connectivity index (χ4n) is 1.80. The van der Waals surface area contributed by atoms with Crippen molar-refractivity contribution in [2.24, 2.45) is 5.92 Å². The van der Waals surface area contributed by atoms with E-state index >= 15 is 0 Å². The van der Waals surface area contributed by atoms with Gasteiger partial charge in [-0.15, -0.1) is 0 Å². The highest BCUT2D eigenvalue weighted by Gasteiger charge is 2.17. The van der Waals surface area contributed by atoms with Crippen LogP contribution in [0.15, 0.2) is 12.1 Å². The van der Waals surface area contributed by atoms with Crippen LogP contribution in [0.25, 0.3) is 0 Å². The zero-order chi connectivity index (χ0) is 16.7. The fraction of sp³-hybridized carbons (Fsp3) is 0.588. The molecule has 0 aliphatic heterocycles. The number of ether oxygens (including phenoxy) is 2. The van der Waals surface area contributed by atoms with Gasteiger partial charge in [0, 0.05) is 11.6 Å². The van der Waals surface area contributed by atoms with Gasteiger partial charge in [0.05, 0.1) is 18.7 Å². The minimum Gasteiger partial charge on any atom is -0.493 e. The summed E-state index contributed by atoms with van der Waals surface area (Å²) in [6.07, 6.45) is 1.79. The molecule has 0 fully saturated rings. The number of benzene rings is 1. The van der Waals surface area contributed by atoms with Crippen LogP contribution in [0.4, 0.5) is 0 Å². The van der Waals surface area contributed by atoms with Crippen molar-refractivity contribution in [2.45, 2.75) is 46.6 Å². The van der Waals surface area contributed by atoms with E-state index in [9.17, 15) is 4.79 Å².